The van der Waals surface area contributed by atoms with Gasteiger partial charge < -0.3 is 5.73 Å². The van der Waals surface area contributed by atoms with Crippen LogP contribution in [-0.4, -0.2) is 14.5 Å². The van der Waals surface area contributed by atoms with Crippen LogP contribution in [0.4, 0.5) is 5.82 Å². The zero-order valence-corrected chi connectivity index (χ0v) is 11.9. The number of hydrogen-bond donors (Lipinski definition) is 1. The fourth-order valence-electron chi connectivity index (χ4n) is 2.44. The molecule has 0 amide bonds. The maximum atomic E-state index is 5.98. The summed E-state index contributed by atoms with van der Waals surface area (Å²) in [6, 6.07) is 12.3. The summed E-state index contributed by atoms with van der Waals surface area (Å²) in [4.78, 5) is 8.42. The van der Waals surface area contributed by atoms with Crippen LogP contribution in [0.25, 0.3) is 27.0 Å². The number of benzene rings is 1. The van der Waals surface area contributed by atoms with E-state index in [2.05, 4.69) is 39.6 Å². The Hall–Kier alpha value is -2.66. The molecule has 4 aromatic rings. The van der Waals surface area contributed by atoms with Crippen LogP contribution in [0.15, 0.2) is 60.5 Å². The number of anilines is 1. The van der Waals surface area contributed by atoms with Crippen LogP contribution in [0.1, 0.15) is 0 Å². The van der Waals surface area contributed by atoms with Gasteiger partial charge >= 0.3 is 0 Å². The average Bonchev–Trinajstić information content (AvgIpc) is 3.15. The molecule has 4 nitrogen and oxygen atoms in total. The molecule has 4 rings (SSSR count). The summed E-state index contributed by atoms with van der Waals surface area (Å²) in [5.41, 5.74) is 8.88. The molecule has 0 saturated heterocycles. The second-order valence-corrected chi connectivity index (χ2v) is 5.68. The number of pyridine rings is 1. The molecule has 0 radical (unpaired) electrons. The summed E-state index contributed by atoms with van der Waals surface area (Å²) in [7, 11) is 0. The minimum Gasteiger partial charge on any atom is -0.383 e. The number of aromatic nitrogens is 3. The van der Waals surface area contributed by atoms with E-state index in [9.17, 15) is 0 Å². The number of nitrogen functional groups attached to an aromatic ring is 1. The van der Waals surface area contributed by atoms with Crippen molar-refractivity contribution in [2.24, 2.45) is 0 Å². The van der Waals surface area contributed by atoms with Gasteiger partial charge in [-0.25, -0.2) is 9.97 Å². The molecule has 0 aliphatic carbocycles. The monoisotopic (exact) mass is 292 g/mol. The molecule has 0 unspecified atom stereocenters. The van der Waals surface area contributed by atoms with E-state index in [4.69, 9.17) is 5.73 Å². The summed E-state index contributed by atoms with van der Waals surface area (Å²) in [5.74, 6) is 0.510. The highest BCUT2D eigenvalue weighted by atomic mass is 32.1. The zero-order chi connectivity index (χ0) is 14.2. The van der Waals surface area contributed by atoms with Crippen LogP contribution in [0.2, 0.25) is 0 Å². The van der Waals surface area contributed by atoms with E-state index in [1.54, 1.807) is 23.9 Å². The molecule has 3 aromatic heterocycles. The second-order valence-electron chi connectivity index (χ2n) is 4.73. The Kier molecular flexibility index (Phi) is 2.72. The molecule has 102 valence electrons. The van der Waals surface area contributed by atoms with Gasteiger partial charge in [0.1, 0.15) is 5.82 Å². The summed E-state index contributed by atoms with van der Waals surface area (Å²) < 4.78 is 3.31. The van der Waals surface area contributed by atoms with Crippen LogP contribution in [0.3, 0.4) is 0 Å². The number of rotatable bonds is 2. The molecular formula is C16H12N4S. The SMILES string of the molecule is Nc1ncccc1-c1cncn1-c1ccc2sccc2c1. The first-order valence-electron chi connectivity index (χ1n) is 6.54. The molecule has 0 spiro atoms. The predicted molar refractivity (Wildman–Crippen MR) is 86.6 cm³/mol. The maximum Gasteiger partial charge on any atom is 0.132 e. The van der Waals surface area contributed by atoms with Crippen LogP contribution >= 0.6 is 11.3 Å². The van der Waals surface area contributed by atoms with Gasteiger partial charge in [0.2, 0.25) is 0 Å². The van der Waals surface area contributed by atoms with E-state index >= 15 is 0 Å². The molecule has 21 heavy (non-hydrogen) atoms. The number of nitrogens with two attached hydrogens (primary N) is 1. The van der Waals surface area contributed by atoms with Crippen molar-refractivity contribution in [3.8, 4) is 16.9 Å². The Morgan fingerprint density at radius 1 is 1.14 bits per heavy atom. The van der Waals surface area contributed by atoms with Crippen LogP contribution in [0.5, 0.6) is 0 Å². The Morgan fingerprint density at radius 3 is 3.00 bits per heavy atom. The molecule has 0 saturated carbocycles. The van der Waals surface area contributed by atoms with Gasteiger partial charge in [0.05, 0.1) is 18.2 Å². The molecule has 0 fully saturated rings. The van der Waals surface area contributed by atoms with Crippen molar-refractivity contribution in [2.45, 2.75) is 0 Å². The maximum absolute atomic E-state index is 5.98. The van der Waals surface area contributed by atoms with Crippen molar-refractivity contribution < 1.29 is 0 Å². The highest BCUT2D eigenvalue weighted by molar-refractivity contribution is 7.17. The van der Waals surface area contributed by atoms with E-state index in [-0.39, 0.29) is 0 Å². The normalized spacial score (nSPS) is 11.0. The average molecular weight is 292 g/mol. The Morgan fingerprint density at radius 2 is 2.10 bits per heavy atom. The van der Waals surface area contributed by atoms with Crippen molar-refractivity contribution in [3.63, 3.8) is 0 Å². The van der Waals surface area contributed by atoms with E-state index in [0.717, 1.165) is 16.9 Å². The van der Waals surface area contributed by atoms with Gasteiger partial charge in [-0.2, -0.15) is 0 Å². The summed E-state index contributed by atoms with van der Waals surface area (Å²) in [5, 5.41) is 3.33. The van der Waals surface area contributed by atoms with Crippen molar-refractivity contribution in [1.82, 2.24) is 14.5 Å². The Bertz CT molecular complexity index is 923. The smallest absolute Gasteiger partial charge is 0.132 e. The Balaban J connectivity index is 1.90. The quantitative estimate of drug-likeness (QED) is 0.612. The fraction of sp³-hybridized carbons (Fsp3) is 0. The van der Waals surface area contributed by atoms with Crippen molar-refractivity contribution >= 4 is 27.2 Å². The lowest BCUT2D eigenvalue weighted by Crippen LogP contribution is -1.99. The third-order valence-electron chi connectivity index (χ3n) is 3.47. The van der Waals surface area contributed by atoms with Crippen molar-refractivity contribution in [1.29, 1.82) is 0 Å². The molecule has 0 bridgehead atoms. The van der Waals surface area contributed by atoms with Gasteiger partial charge in [-0.05, 0) is 47.2 Å². The first-order chi connectivity index (χ1) is 10.3. The molecule has 0 aliphatic rings. The van der Waals surface area contributed by atoms with Gasteiger partial charge in [0, 0.05) is 22.1 Å². The van der Waals surface area contributed by atoms with Gasteiger partial charge in [0.15, 0.2) is 0 Å². The van der Waals surface area contributed by atoms with E-state index in [0.29, 0.717) is 5.82 Å². The lowest BCUT2D eigenvalue weighted by atomic mass is 10.2. The largest absolute Gasteiger partial charge is 0.383 e. The highest BCUT2D eigenvalue weighted by Crippen LogP contribution is 2.28. The van der Waals surface area contributed by atoms with Gasteiger partial charge in [-0.3, -0.25) is 4.57 Å². The summed E-state index contributed by atoms with van der Waals surface area (Å²) >= 11 is 1.74. The van der Waals surface area contributed by atoms with Crippen LogP contribution in [0, 0.1) is 0 Å². The third kappa shape index (κ3) is 1.98. The number of thiophene rings is 1. The predicted octanol–water partition coefficient (Wildman–Crippen LogP) is 3.73. The topological polar surface area (TPSA) is 56.7 Å². The van der Waals surface area contributed by atoms with E-state index < -0.39 is 0 Å². The first-order valence-corrected chi connectivity index (χ1v) is 7.42. The highest BCUT2D eigenvalue weighted by Gasteiger charge is 2.10. The minimum atomic E-state index is 0.510. The lowest BCUT2D eigenvalue weighted by molar-refractivity contribution is 1.07. The fourth-order valence-corrected chi connectivity index (χ4v) is 3.21. The number of fused-ring (bicyclic) bond motifs is 1. The zero-order valence-electron chi connectivity index (χ0n) is 11.1. The molecular weight excluding hydrogens is 280 g/mol. The summed E-state index contributed by atoms with van der Waals surface area (Å²) in [6.45, 7) is 0. The van der Waals surface area contributed by atoms with Gasteiger partial charge in [-0.15, -0.1) is 11.3 Å². The first kappa shape index (κ1) is 12.1. The van der Waals surface area contributed by atoms with Gasteiger partial charge in [-0.1, -0.05) is 0 Å². The molecule has 0 atom stereocenters. The molecule has 2 N–H and O–H groups in total. The second kappa shape index (κ2) is 4.71. The molecule has 0 aliphatic heterocycles. The van der Waals surface area contributed by atoms with E-state index in [1.807, 2.05) is 22.9 Å². The van der Waals surface area contributed by atoms with Crippen LogP contribution < -0.4 is 5.73 Å². The van der Waals surface area contributed by atoms with Crippen LogP contribution in [-0.2, 0) is 0 Å². The van der Waals surface area contributed by atoms with Gasteiger partial charge in [0.25, 0.3) is 0 Å². The van der Waals surface area contributed by atoms with Crippen molar-refractivity contribution in [2.75, 3.05) is 5.73 Å². The summed E-state index contributed by atoms with van der Waals surface area (Å²) in [6.07, 6.45) is 5.30. The lowest BCUT2D eigenvalue weighted by Gasteiger charge is -2.09. The van der Waals surface area contributed by atoms with E-state index in [1.165, 1.54) is 10.1 Å². The molecule has 3 heterocycles. The third-order valence-corrected chi connectivity index (χ3v) is 4.37. The minimum absolute atomic E-state index is 0.510. The van der Waals surface area contributed by atoms with Crippen molar-refractivity contribution in [3.05, 3.63) is 60.5 Å². The number of imidazole rings is 1. The number of nitrogens with zero attached hydrogens (tertiary/aromatic N) is 3. The standard InChI is InChI=1S/C16H12N4S/c17-16-13(2-1-6-19-16)14-9-18-10-20(14)12-3-4-15-11(8-12)5-7-21-15/h1-10H,(H2,17,19). The molecule has 1 aromatic carbocycles. The molecule has 5 heteroatoms. The Labute approximate surface area is 125 Å². The number of hydrogen-bond acceptors (Lipinski definition) is 4.